The summed E-state index contributed by atoms with van der Waals surface area (Å²) >= 11 is 0. The average molecular weight is 391 g/mol. The highest BCUT2D eigenvalue weighted by Gasteiger charge is 2.49. The van der Waals surface area contributed by atoms with Crippen molar-refractivity contribution in [2.45, 2.75) is 43.7 Å². The minimum Gasteiger partial charge on any atom is -0.449 e. The van der Waals surface area contributed by atoms with Crippen LogP contribution in [0.4, 0.5) is 5.69 Å². The summed E-state index contributed by atoms with van der Waals surface area (Å²) in [4.78, 5) is 31.8. The molecule has 1 amide bonds. The fourth-order valence-corrected chi connectivity index (χ4v) is 4.97. The highest BCUT2D eigenvalue weighted by atomic mass is 16.6. The van der Waals surface area contributed by atoms with Crippen LogP contribution in [-0.4, -0.2) is 36.0 Å². The average Bonchev–Trinajstić information content (AvgIpc) is 3.33. The second-order valence-corrected chi connectivity index (χ2v) is 8.33. The van der Waals surface area contributed by atoms with Crippen molar-refractivity contribution in [1.82, 2.24) is 10.3 Å². The molecule has 1 unspecified atom stereocenters. The molecule has 1 atom stereocenters. The maximum atomic E-state index is 12.9. The number of para-hydroxylation sites is 1. The molecule has 1 saturated heterocycles. The van der Waals surface area contributed by atoms with Gasteiger partial charge in [0.15, 0.2) is 5.60 Å². The molecule has 3 heterocycles. The molecule has 1 N–H and O–H groups in total. The number of hydrogen-bond donors (Lipinski definition) is 1. The molecule has 1 aliphatic carbocycles. The molecular formula is C23H25N3O3. The molecular weight excluding hydrogens is 366 g/mol. The van der Waals surface area contributed by atoms with Crippen LogP contribution < -0.4 is 10.2 Å². The van der Waals surface area contributed by atoms with E-state index in [2.05, 4.69) is 27.3 Å². The lowest BCUT2D eigenvalue weighted by molar-refractivity contribution is -0.128. The zero-order valence-corrected chi connectivity index (χ0v) is 16.3. The van der Waals surface area contributed by atoms with Gasteiger partial charge in [0.1, 0.15) is 0 Å². The van der Waals surface area contributed by atoms with Gasteiger partial charge in [-0.1, -0.05) is 18.2 Å². The van der Waals surface area contributed by atoms with E-state index < -0.39 is 5.60 Å². The Morgan fingerprint density at radius 3 is 2.69 bits per heavy atom. The first kappa shape index (κ1) is 18.2. The first-order valence-corrected chi connectivity index (χ1v) is 10.4. The molecule has 1 aromatic carbocycles. The van der Waals surface area contributed by atoms with E-state index >= 15 is 0 Å². The molecule has 150 valence electrons. The van der Waals surface area contributed by atoms with Crippen LogP contribution in [0.1, 0.15) is 48.2 Å². The maximum absolute atomic E-state index is 12.9. The number of carbonyl (C=O) groups excluding carboxylic acids is 2. The second kappa shape index (κ2) is 7.17. The summed E-state index contributed by atoms with van der Waals surface area (Å²) in [5, 5.41) is 3.25. The Morgan fingerprint density at radius 1 is 1.10 bits per heavy atom. The number of carbonyl (C=O) groups is 2. The number of anilines is 1. The first-order valence-electron chi connectivity index (χ1n) is 10.4. The van der Waals surface area contributed by atoms with Crippen molar-refractivity contribution in [2.75, 3.05) is 18.0 Å². The number of ether oxygens (including phenoxy) is 1. The van der Waals surface area contributed by atoms with Crippen LogP contribution in [0.25, 0.3) is 0 Å². The number of pyridine rings is 1. The van der Waals surface area contributed by atoms with Gasteiger partial charge in [-0.2, -0.15) is 0 Å². The lowest BCUT2D eigenvalue weighted by Crippen LogP contribution is -2.43. The van der Waals surface area contributed by atoms with Crippen molar-refractivity contribution >= 4 is 17.6 Å². The number of hydrogen-bond acceptors (Lipinski definition) is 5. The summed E-state index contributed by atoms with van der Waals surface area (Å²) < 4.78 is 5.74. The molecule has 2 fully saturated rings. The van der Waals surface area contributed by atoms with E-state index in [1.807, 2.05) is 18.2 Å². The molecule has 1 saturated carbocycles. The Bertz CT molecular complexity index is 922. The van der Waals surface area contributed by atoms with Crippen LogP contribution >= 0.6 is 0 Å². The first-order chi connectivity index (χ1) is 14.1. The quantitative estimate of drug-likeness (QED) is 0.815. The minimum absolute atomic E-state index is 0.0298. The number of esters is 1. The third-order valence-electron chi connectivity index (χ3n) is 6.57. The predicted molar refractivity (Wildman–Crippen MR) is 108 cm³/mol. The molecule has 2 aliphatic heterocycles. The zero-order chi connectivity index (χ0) is 19.8. The molecule has 6 heteroatoms. The van der Waals surface area contributed by atoms with Gasteiger partial charge < -0.3 is 15.0 Å². The summed E-state index contributed by atoms with van der Waals surface area (Å²) in [5.74, 6) is -0.189. The fraction of sp³-hybridized carbons (Fsp3) is 0.435. The van der Waals surface area contributed by atoms with Crippen molar-refractivity contribution in [3.8, 4) is 0 Å². The molecule has 1 aromatic heterocycles. The second-order valence-electron chi connectivity index (χ2n) is 8.33. The van der Waals surface area contributed by atoms with Gasteiger partial charge in [-0.3, -0.25) is 9.78 Å². The van der Waals surface area contributed by atoms with Crippen molar-refractivity contribution < 1.29 is 14.3 Å². The smallest absolute Gasteiger partial charge is 0.341 e. The molecule has 5 rings (SSSR count). The van der Waals surface area contributed by atoms with Gasteiger partial charge in [-0.15, -0.1) is 0 Å². The molecule has 0 bridgehead atoms. The van der Waals surface area contributed by atoms with Gasteiger partial charge >= 0.3 is 5.97 Å². The number of amides is 1. The summed E-state index contributed by atoms with van der Waals surface area (Å²) in [5.41, 5.74) is 1.89. The summed E-state index contributed by atoms with van der Waals surface area (Å²) in [6.45, 7) is 1.81. The third kappa shape index (κ3) is 3.26. The minimum atomic E-state index is -0.637. The Hall–Kier alpha value is -2.89. The van der Waals surface area contributed by atoms with E-state index in [1.165, 1.54) is 5.69 Å². The largest absolute Gasteiger partial charge is 0.449 e. The standard InChI is InChI=1S/C23H25N3O3/c27-21(25-17-10-14-26(15-17)18-5-2-1-3-6-18)16-8-11-23(12-9-16)20-19(22(28)29-23)7-4-13-24-20/h1-7,13,16-17H,8-12,14-15H2,(H,25,27). The number of nitrogens with one attached hydrogen (secondary N) is 1. The van der Waals surface area contributed by atoms with Crippen LogP contribution in [0.2, 0.25) is 0 Å². The highest BCUT2D eigenvalue weighted by molar-refractivity contribution is 5.94. The van der Waals surface area contributed by atoms with Crippen LogP contribution in [0.3, 0.4) is 0 Å². The molecule has 1 spiro atoms. The van der Waals surface area contributed by atoms with Crippen molar-refractivity contribution in [1.29, 1.82) is 0 Å². The highest BCUT2D eigenvalue weighted by Crippen LogP contribution is 2.47. The van der Waals surface area contributed by atoms with E-state index in [4.69, 9.17) is 4.74 Å². The molecule has 29 heavy (non-hydrogen) atoms. The molecule has 3 aliphatic rings. The van der Waals surface area contributed by atoms with Gasteiger partial charge in [-0.25, -0.2) is 4.79 Å². The molecule has 2 aromatic rings. The fourth-order valence-electron chi connectivity index (χ4n) is 4.97. The Morgan fingerprint density at radius 2 is 1.90 bits per heavy atom. The number of nitrogens with zero attached hydrogens (tertiary/aromatic N) is 2. The number of rotatable bonds is 3. The van der Waals surface area contributed by atoms with Gasteiger partial charge in [0.05, 0.1) is 11.3 Å². The van der Waals surface area contributed by atoms with Gasteiger partial charge in [0.2, 0.25) is 5.91 Å². The molecule has 6 nitrogen and oxygen atoms in total. The van der Waals surface area contributed by atoms with Gasteiger partial charge in [0, 0.05) is 36.9 Å². The summed E-state index contributed by atoms with van der Waals surface area (Å²) in [6.07, 6.45) is 5.41. The number of benzene rings is 1. The zero-order valence-electron chi connectivity index (χ0n) is 16.3. The summed E-state index contributed by atoms with van der Waals surface area (Å²) in [7, 11) is 0. The Balaban J connectivity index is 1.18. The molecule has 0 radical (unpaired) electrons. The lowest BCUT2D eigenvalue weighted by atomic mass is 9.76. The Labute approximate surface area is 170 Å². The van der Waals surface area contributed by atoms with E-state index in [0.29, 0.717) is 31.2 Å². The predicted octanol–water partition coefficient (Wildman–Crippen LogP) is 3.03. The van der Waals surface area contributed by atoms with Crippen LogP contribution in [0.5, 0.6) is 0 Å². The Kier molecular flexibility index (Phi) is 4.49. The van der Waals surface area contributed by atoms with Crippen molar-refractivity contribution in [3.05, 3.63) is 59.9 Å². The van der Waals surface area contributed by atoms with Crippen LogP contribution in [0, 0.1) is 5.92 Å². The van der Waals surface area contributed by atoms with E-state index in [1.54, 1.807) is 18.3 Å². The maximum Gasteiger partial charge on any atom is 0.341 e. The number of fused-ring (bicyclic) bond motifs is 2. The number of aromatic nitrogens is 1. The topological polar surface area (TPSA) is 71.5 Å². The summed E-state index contributed by atoms with van der Waals surface area (Å²) in [6, 6.07) is 14.0. The van der Waals surface area contributed by atoms with Crippen LogP contribution in [-0.2, 0) is 15.1 Å². The monoisotopic (exact) mass is 391 g/mol. The van der Waals surface area contributed by atoms with E-state index in [-0.39, 0.29) is 23.8 Å². The SMILES string of the molecule is O=C1OC2(CCC(C(=O)NC3CCN(c4ccccc4)C3)CC2)c2ncccc21. The van der Waals surface area contributed by atoms with Crippen molar-refractivity contribution in [3.63, 3.8) is 0 Å². The van der Waals surface area contributed by atoms with Crippen molar-refractivity contribution in [2.24, 2.45) is 5.92 Å². The normalized spacial score (nSPS) is 28.3. The van der Waals surface area contributed by atoms with Gasteiger partial charge in [0.25, 0.3) is 0 Å². The van der Waals surface area contributed by atoms with E-state index in [0.717, 1.165) is 25.2 Å². The lowest BCUT2D eigenvalue weighted by Gasteiger charge is -2.35. The van der Waals surface area contributed by atoms with E-state index in [9.17, 15) is 9.59 Å². The van der Waals surface area contributed by atoms with Gasteiger partial charge in [-0.05, 0) is 56.4 Å². The van der Waals surface area contributed by atoms with Crippen LogP contribution in [0.15, 0.2) is 48.7 Å². The third-order valence-corrected chi connectivity index (χ3v) is 6.57.